The minimum Gasteiger partial charge on any atom is -0.494 e. The van der Waals surface area contributed by atoms with E-state index in [2.05, 4.69) is 0 Å². The largest absolute Gasteiger partial charge is 0.494 e. The number of amides is 2. The van der Waals surface area contributed by atoms with Crippen molar-refractivity contribution in [1.82, 2.24) is 9.80 Å². The summed E-state index contributed by atoms with van der Waals surface area (Å²) in [5.41, 5.74) is 0.321. The molecule has 1 aromatic carbocycles. The highest BCUT2D eigenvalue weighted by Crippen LogP contribution is 2.14. The monoisotopic (exact) mass is 334 g/mol. The van der Waals surface area contributed by atoms with Crippen LogP contribution in [0.2, 0.25) is 0 Å². The number of carbonyl (C=O) groups is 2. The zero-order chi connectivity index (χ0) is 16.9. The fraction of sp³-hybridized carbons (Fsp3) is 0.412. The van der Waals surface area contributed by atoms with Crippen molar-refractivity contribution in [2.45, 2.75) is 6.42 Å². The Morgan fingerprint density at radius 1 is 1.00 bits per heavy atom. The van der Waals surface area contributed by atoms with E-state index in [1.807, 2.05) is 0 Å². The zero-order valence-corrected chi connectivity index (χ0v) is 13.2. The summed E-state index contributed by atoms with van der Waals surface area (Å²) in [6.07, 6.45) is 1.99. The molecule has 0 spiro atoms. The van der Waals surface area contributed by atoms with E-state index in [1.54, 1.807) is 15.9 Å². The van der Waals surface area contributed by atoms with Crippen molar-refractivity contribution < 1.29 is 23.5 Å². The Hall–Kier alpha value is -2.57. The molecular formula is C17H19FN2O4. The van der Waals surface area contributed by atoms with Crippen molar-refractivity contribution in [3.63, 3.8) is 0 Å². The minimum absolute atomic E-state index is 0.200. The Kier molecular flexibility index (Phi) is 4.98. The number of nitrogens with zero attached hydrogens (tertiary/aromatic N) is 2. The second kappa shape index (κ2) is 7.33. The van der Waals surface area contributed by atoms with Crippen molar-refractivity contribution in [3.05, 3.63) is 47.7 Å². The molecule has 0 radical (unpaired) electrons. The van der Waals surface area contributed by atoms with Gasteiger partial charge in [-0.3, -0.25) is 9.59 Å². The van der Waals surface area contributed by atoms with Crippen molar-refractivity contribution in [1.29, 1.82) is 0 Å². The van der Waals surface area contributed by atoms with Gasteiger partial charge >= 0.3 is 0 Å². The van der Waals surface area contributed by atoms with Gasteiger partial charge in [0, 0.05) is 31.7 Å². The summed E-state index contributed by atoms with van der Waals surface area (Å²) in [5.74, 6) is -0.685. The summed E-state index contributed by atoms with van der Waals surface area (Å²) in [6, 6.07) is 5.65. The Morgan fingerprint density at radius 3 is 2.42 bits per heavy atom. The lowest BCUT2D eigenvalue weighted by Crippen LogP contribution is -2.38. The molecule has 2 heterocycles. The predicted molar refractivity (Wildman–Crippen MR) is 83.5 cm³/mol. The third-order valence-corrected chi connectivity index (χ3v) is 4.00. The summed E-state index contributed by atoms with van der Waals surface area (Å²) < 4.78 is 23.7. The number of carbonyl (C=O) groups excluding carboxylic acids is 2. The van der Waals surface area contributed by atoms with Gasteiger partial charge in [-0.25, -0.2) is 4.39 Å². The van der Waals surface area contributed by atoms with E-state index in [9.17, 15) is 14.0 Å². The molecule has 0 N–H and O–H groups in total. The molecule has 1 fully saturated rings. The molecule has 128 valence electrons. The molecule has 7 heteroatoms. The Labute approximate surface area is 139 Å². The lowest BCUT2D eigenvalue weighted by Gasteiger charge is -2.24. The summed E-state index contributed by atoms with van der Waals surface area (Å²) in [6.45, 7) is 2.65. The van der Waals surface area contributed by atoms with Gasteiger partial charge in [0.15, 0.2) is 0 Å². The van der Waals surface area contributed by atoms with Crippen molar-refractivity contribution >= 4 is 11.8 Å². The van der Waals surface area contributed by atoms with Crippen LogP contribution in [0, 0.1) is 5.82 Å². The van der Waals surface area contributed by atoms with E-state index >= 15 is 0 Å². The van der Waals surface area contributed by atoms with Gasteiger partial charge < -0.3 is 19.3 Å². The van der Waals surface area contributed by atoms with Crippen LogP contribution in [0.5, 0.6) is 0 Å². The standard InChI is InChI=1S/C17H19FN2O4/c18-14-4-1-3-13(11-14)16(21)19-5-2-6-20(8-7-19)17(22)15-12-23-9-10-24-15/h1,3-4,11-12H,2,5-10H2. The molecule has 6 nitrogen and oxygen atoms in total. The molecule has 0 unspecified atom stereocenters. The fourth-order valence-corrected chi connectivity index (χ4v) is 2.76. The predicted octanol–water partition coefficient (Wildman–Crippen LogP) is 1.39. The van der Waals surface area contributed by atoms with Crippen LogP contribution in [-0.2, 0) is 14.3 Å². The van der Waals surface area contributed by atoms with Gasteiger partial charge in [-0.1, -0.05) is 6.07 Å². The molecule has 1 aromatic rings. The quantitative estimate of drug-likeness (QED) is 0.820. The van der Waals surface area contributed by atoms with Crippen LogP contribution in [0.25, 0.3) is 0 Å². The third kappa shape index (κ3) is 3.67. The highest BCUT2D eigenvalue weighted by Gasteiger charge is 2.26. The van der Waals surface area contributed by atoms with Gasteiger partial charge in [0.25, 0.3) is 11.8 Å². The van der Waals surface area contributed by atoms with Crippen molar-refractivity contribution in [2.24, 2.45) is 0 Å². The van der Waals surface area contributed by atoms with Gasteiger partial charge in [-0.05, 0) is 24.6 Å². The normalized spacial score (nSPS) is 18.1. The fourth-order valence-electron chi connectivity index (χ4n) is 2.76. The molecule has 2 aliphatic rings. The molecule has 1 saturated heterocycles. The number of rotatable bonds is 2. The maximum Gasteiger partial charge on any atom is 0.292 e. The summed E-state index contributed by atoms with van der Waals surface area (Å²) in [7, 11) is 0. The van der Waals surface area contributed by atoms with E-state index in [0.717, 1.165) is 0 Å². The van der Waals surface area contributed by atoms with Gasteiger partial charge in [-0.2, -0.15) is 0 Å². The second-order valence-electron chi connectivity index (χ2n) is 5.65. The first-order valence-corrected chi connectivity index (χ1v) is 7.94. The van der Waals surface area contributed by atoms with Crippen LogP contribution in [0.4, 0.5) is 4.39 Å². The summed E-state index contributed by atoms with van der Waals surface area (Å²) >= 11 is 0. The van der Waals surface area contributed by atoms with Gasteiger partial charge in [0.05, 0.1) is 0 Å². The summed E-state index contributed by atoms with van der Waals surface area (Å²) in [5, 5.41) is 0. The maximum absolute atomic E-state index is 13.3. The van der Waals surface area contributed by atoms with Crippen LogP contribution in [0.15, 0.2) is 36.3 Å². The minimum atomic E-state index is -0.436. The highest BCUT2D eigenvalue weighted by atomic mass is 19.1. The smallest absolute Gasteiger partial charge is 0.292 e. The number of ether oxygens (including phenoxy) is 2. The number of halogens is 1. The third-order valence-electron chi connectivity index (χ3n) is 4.00. The number of hydrogen-bond donors (Lipinski definition) is 0. The van der Waals surface area contributed by atoms with E-state index in [4.69, 9.17) is 9.47 Å². The van der Waals surface area contributed by atoms with E-state index in [0.29, 0.717) is 51.4 Å². The van der Waals surface area contributed by atoms with Gasteiger partial charge in [-0.15, -0.1) is 0 Å². The average molecular weight is 334 g/mol. The Bertz CT molecular complexity index is 662. The average Bonchev–Trinajstić information content (AvgIpc) is 2.87. The molecule has 2 aliphatic heterocycles. The molecule has 0 aliphatic carbocycles. The molecule has 2 amide bonds. The molecule has 0 atom stereocenters. The molecule has 24 heavy (non-hydrogen) atoms. The van der Waals surface area contributed by atoms with Crippen LogP contribution in [-0.4, -0.2) is 61.0 Å². The molecule has 0 aromatic heterocycles. The SMILES string of the molecule is O=C(C1=COCCO1)N1CCCN(C(=O)c2cccc(F)c2)CC1. The van der Waals surface area contributed by atoms with Crippen molar-refractivity contribution in [2.75, 3.05) is 39.4 Å². The maximum atomic E-state index is 13.3. The van der Waals surface area contributed by atoms with E-state index < -0.39 is 5.82 Å². The molecule has 0 saturated carbocycles. The van der Waals surface area contributed by atoms with Crippen LogP contribution in [0.1, 0.15) is 16.8 Å². The molecular weight excluding hydrogens is 315 g/mol. The lowest BCUT2D eigenvalue weighted by molar-refractivity contribution is -0.132. The van der Waals surface area contributed by atoms with E-state index in [1.165, 1.54) is 24.5 Å². The molecule has 3 rings (SSSR count). The first-order chi connectivity index (χ1) is 11.6. The second-order valence-corrected chi connectivity index (χ2v) is 5.65. The topological polar surface area (TPSA) is 59.1 Å². The van der Waals surface area contributed by atoms with Crippen molar-refractivity contribution in [3.8, 4) is 0 Å². The Balaban J connectivity index is 1.63. The van der Waals surface area contributed by atoms with Crippen LogP contribution in [0.3, 0.4) is 0 Å². The lowest BCUT2D eigenvalue weighted by atomic mass is 10.2. The Morgan fingerprint density at radius 2 is 1.75 bits per heavy atom. The van der Waals surface area contributed by atoms with Crippen LogP contribution < -0.4 is 0 Å². The first-order valence-electron chi connectivity index (χ1n) is 7.94. The van der Waals surface area contributed by atoms with Crippen LogP contribution >= 0.6 is 0 Å². The highest BCUT2D eigenvalue weighted by molar-refractivity contribution is 5.94. The van der Waals surface area contributed by atoms with Gasteiger partial charge in [0.2, 0.25) is 5.76 Å². The summed E-state index contributed by atoms with van der Waals surface area (Å²) in [4.78, 5) is 28.2. The number of benzene rings is 1. The zero-order valence-electron chi connectivity index (χ0n) is 13.2. The van der Waals surface area contributed by atoms with E-state index in [-0.39, 0.29) is 17.6 Å². The first kappa shape index (κ1) is 16.3. The van der Waals surface area contributed by atoms with Gasteiger partial charge in [0.1, 0.15) is 25.3 Å². The number of hydrogen-bond acceptors (Lipinski definition) is 4. The molecule has 0 bridgehead atoms.